The molecule has 5 nitrogen and oxygen atoms in total. The monoisotopic (exact) mass is 288 g/mol. The van der Waals surface area contributed by atoms with Gasteiger partial charge in [-0.2, -0.15) is 5.10 Å². The third-order valence-corrected chi connectivity index (χ3v) is 3.77. The molecule has 1 aromatic carbocycles. The van der Waals surface area contributed by atoms with Crippen LogP contribution in [-0.2, 0) is 0 Å². The first-order chi connectivity index (χ1) is 10.2. The van der Waals surface area contributed by atoms with Gasteiger partial charge in [-0.25, -0.2) is 4.39 Å². The van der Waals surface area contributed by atoms with Crippen molar-refractivity contribution in [1.29, 1.82) is 0 Å². The molecule has 2 aromatic rings. The first-order valence-corrected chi connectivity index (χ1v) is 7.00. The van der Waals surface area contributed by atoms with Crippen molar-refractivity contribution >= 4 is 11.6 Å². The van der Waals surface area contributed by atoms with Gasteiger partial charge in [0.2, 0.25) is 0 Å². The molecular weight excluding hydrogens is 271 g/mol. The molecule has 3 rings (SSSR count). The van der Waals surface area contributed by atoms with Crippen LogP contribution in [0.15, 0.2) is 36.5 Å². The molecule has 0 radical (unpaired) electrons. The van der Waals surface area contributed by atoms with Crippen molar-refractivity contribution in [3.05, 3.63) is 48.0 Å². The Hall–Kier alpha value is -2.37. The minimum absolute atomic E-state index is 0.132. The summed E-state index contributed by atoms with van der Waals surface area (Å²) < 4.78 is 12.9. The second-order valence-corrected chi connectivity index (χ2v) is 5.26. The summed E-state index contributed by atoms with van der Waals surface area (Å²) in [5.74, 6) is 0.0518. The summed E-state index contributed by atoms with van der Waals surface area (Å²) in [6, 6.07) is 8.18. The van der Waals surface area contributed by atoms with Gasteiger partial charge in [-0.1, -0.05) is 0 Å². The Morgan fingerprint density at radius 1 is 1.38 bits per heavy atom. The zero-order valence-corrected chi connectivity index (χ0v) is 11.6. The van der Waals surface area contributed by atoms with E-state index in [1.807, 2.05) is 0 Å². The van der Waals surface area contributed by atoms with Crippen molar-refractivity contribution in [2.45, 2.75) is 6.42 Å². The highest BCUT2D eigenvalue weighted by molar-refractivity contribution is 5.92. The molecule has 2 heterocycles. The number of anilines is 1. The molecular formula is C15H17FN4O. The highest BCUT2D eigenvalue weighted by atomic mass is 19.1. The van der Waals surface area contributed by atoms with Gasteiger partial charge in [-0.05, 0) is 42.7 Å². The number of amides is 1. The van der Waals surface area contributed by atoms with Crippen LogP contribution in [-0.4, -0.2) is 35.7 Å². The number of rotatable bonds is 4. The summed E-state index contributed by atoms with van der Waals surface area (Å²) in [5, 5.41) is 9.31. The van der Waals surface area contributed by atoms with Crippen LogP contribution in [0.4, 0.5) is 10.1 Å². The molecule has 1 atom stereocenters. The number of halogens is 1. The largest absolute Gasteiger partial charge is 0.371 e. The van der Waals surface area contributed by atoms with Gasteiger partial charge >= 0.3 is 0 Å². The van der Waals surface area contributed by atoms with E-state index in [4.69, 9.17) is 0 Å². The van der Waals surface area contributed by atoms with Crippen molar-refractivity contribution in [2.24, 2.45) is 5.92 Å². The fourth-order valence-corrected chi connectivity index (χ4v) is 2.60. The second kappa shape index (κ2) is 5.95. The number of carbonyl (C=O) groups is 1. The standard InChI is InChI=1S/C15H17FN4O/c16-12-1-3-13(4-2-12)20-8-6-11(10-20)9-17-15(21)14-5-7-18-19-14/h1-5,7,11H,6,8-10H2,(H,17,21)(H,18,19). The molecule has 0 saturated carbocycles. The maximum Gasteiger partial charge on any atom is 0.269 e. The molecule has 1 fully saturated rings. The summed E-state index contributed by atoms with van der Waals surface area (Å²) in [6.45, 7) is 2.43. The zero-order valence-electron chi connectivity index (χ0n) is 11.6. The Kier molecular flexibility index (Phi) is 3.85. The number of aromatic nitrogens is 2. The SMILES string of the molecule is O=C(NCC1CCN(c2ccc(F)cc2)C1)c1ccn[nH]1. The number of H-pyrrole nitrogens is 1. The highest BCUT2D eigenvalue weighted by Gasteiger charge is 2.23. The lowest BCUT2D eigenvalue weighted by Gasteiger charge is -2.18. The van der Waals surface area contributed by atoms with E-state index in [9.17, 15) is 9.18 Å². The summed E-state index contributed by atoms with van der Waals surface area (Å²) in [4.78, 5) is 14.0. The molecule has 110 valence electrons. The Labute approximate surface area is 122 Å². The number of nitrogens with one attached hydrogen (secondary N) is 2. The van der Waals surface area contributed by atoms with E-state index in [0.29, 0.717) is 18.2 Å². The molecule has 1 unspecified atom stereocenters. The van der Waals surface area contributed by atoms with Gasteiger partial charge in [0.15, 0.2) is 0 Å². The lowest BCUT2D eigenvalue weighted by molar-refractivity contribution is 0.0943. The minimum atomic E-state index is -0.221. The summed E-state index contributed by atoms with van der Waals surface area (Å²) in [7, 11) is 0. The third-order valence-electron chi connectivity index (χ3n) is 3.77. The molecule has 1 saturated heterocycles. The Morgan fingerprint density at radius 3 is 2.90 bits per heavy atom. The lowest BCUT2D eigenvalue weighted by Crippen LogP contribution is -2.31. The molecule has 6 heteroatoms. The van der Waals surface area contributed by atoms with E-state index >= 15 is 0 Å². The van der Waals surface area contributed by atoms with Crippen LogP contribution in [0.3, 0.4) is 0 Å². The van der Waals surface area contributed by atoms with E-state index in [2.05, 4.69) is 20.4 Å². The first kappa shape index (κ1) is 13.6. The van der Waals surface area contributed by atoms with Gasteiger partial charge < -0.3 is 10.2 Å². The van der Waals surface area contributed by atoms with Gasteiger partial charge in [-0.15, -0.1) is 0 Å². The second-order valence-electron chi connectivity index (χ2n) is 5.26. The van der Waals surface area contributed by atoms with Gasteiger partial charge in [-0.3, -0.25) is 9.89 Å². The molecule has 0 aliphatic carbocycles. The predicted molar refractivity (Wildman–Crippen MR) is 77.6 cm³/mol. The maximum atomic E-state index is 12.9. The van der Waals surface area contributed by atoms with Crippen LogP contribution in [0.5, 0.6) is 0 Å². The van der Waals surface area contributed by atoms with Gasteiger partial charge in [0.25, 0.3) is 5.91 Å². The van der Waals surface area contributed by atoms with Gasteiger partial charge in [0.05, 0.1) is 0 Å². The third kappa shape index (κ3) is 3.21. The van der Waals surface area contributed by atoms with Crippen molar-refractivity contribution in [3.63, 3.8) is 0 Å². The number of benzene rings is 1. The fraction of sp³-hybridized carbons (Fsp3) is 0.333. The van der Waals surface area contributed by atoms with Crippen molar-refractivity contribution in [2.75, 3.05) is 24.5 Å². The van der Waals surface area contributed by atoms with Crippen LogP contribution in [0.25, 0.3) is 0 Å². The highest BCUT2D eigenvalue weighted by Crippen LogP contribution is 2.23. The van der Waals surface area contributed by atoms with Crippen LogP contribution in [0.2, 0.25) is 0 Å². The van der Waals surface area contributed by atoms with Crippen LogP contribution in [0, 0.1) is 11.7 Å². The maximum absolute atomic E-state index is 12.9. The van der Waals surface area contributed by atoms with E-state index < -0.39 is 0 Å². The fourth-order valence-electron chi connectivity index (χ4n) is 2.60. The number of carbonyl (C=O) groups excluding carboxylic acids is 1. The summed E-state index contributed by atoms with van der Waals surface area (Å²) in [5.41, 5.74) is 1.50. The molecule has 21 heavy (non-hydrogen) atoms. The summed E-state index contributed by atoms with van der Waals surface area (Å²) in [6.07, 6.45) is 2.57. The average Bonchev–Trinajstić information content (AvgIpc) is 3.17. The topological polar surface area (TPSA) is 61.0 Å². The number of aromatic amines is 1. The van der Waals surface area contributed by atoms with Gasteiger partial charge in [0.1, 0.15) is 11.5 Å². The molecule has 0 bridgehead atoms. The quantitative estimate of drug-likeness (QED) is 0.902. The van der Waals surface area contributed by atoms with E-state index in [-0.39, 0.29) is 11.7 Å². The normalized spacial score (nSPS) is 18.0. The van der Waals surface area contributed by atoms with Crippen molar-refractivity contribution in [3.8, 4) is 0 Å². The Balaban J connectivity index is 1.51. The average molecular weight is 288 g/mol. The molecule has 1 aliphatic rings. The van der Waals surface area contributed by atoms with Crippen molar-refractivity contribution < 1.29 is 9.18 Å². The predicted octanol–water partition coefficient (Wildman–Crippen LogP) is 1.81. The van der Waals surface area contributed by atoms with E-state index in [1.54, 1.807) is 24.4 Å². The molecule has 2 N–H and O–H groups in total. The molecule has 1 aliphatic heterocycles. The van der Waals surface area contributed by atoms with Crippen LogP contribution >= 0.6 is 0 Å². The number of hydrogen-bond donors (Lipinski definition) is 2. The van der Waals surface area contributed by atoms with E-state index in [1.165, 1.54) is 12.1 Å². The molecule has 1 amide bonds. The minimum Gasteiger partial charge on any atom is -0.371 e. The zero-order chi connectivity index (χ0) is 14.7. The molecule has 1 aromatic heterocycles. The number of nitrogens with zero attached hydrogens (tertiary/aromatic N) is 2. The van der Waals surface area contributed by atoms with Crippen LogP contribution < -0.4 is 10.2 Å². The summed E-state index contributed by atoms with van der Waals surface area (Å²) >= 11 is 0. The van der Waals surface area contributed by atoms with Crippen LogP contribution in [0.1, 0.15) is 16.9 Å². The first-order valence-electron chi connectivity index (χ1n) is 7.00. The lowest BCUT2D eigenvalue weighted by atomic mass is 10.1. The van der Waals surface area contributed by atoms with Gasteiger partial charge in [0, 0.05) is 31.5 Å². The smallest absolute Gasteiger partial charge is 0.269 e. The Bertz CT molecular complexity index is 597. The van der Waals surface area contributed by atoms with Crippen molar-refractivity contribution in [1.82, 2.24) is 15.5 Å². The number of hydrogen-bond acceptors (Lipinski definition) is 3. The Morgan fingerprint density at radius 2 is 2.19 bits per heavy atom. The van der Waals surface area contributed by atoms with E-state index in [0.717, 1.165) is 25.2 Å². The molecule has 0 spiro atoms.